The van der Waals surface area contributed by atoms with Crippen LogP contribution in [0.3, 0.4) is 0 Å². The molecule has 0 spiro atoms. The third-order valence-electron chi connectivity index (χ3n) is 4.47. The Balaban J connectivity index is 1.78. The van der Waals surface area contributed by atoms with Gasteiger partial charge in [0.25, 0.3) is 0 Å². The van der Waals surface area contributed by atoms with Gasteiger partial charge in [-0.05, 0) is 55.5 Å². The summed E-state index contributed by atoms with van der Waals surface area (Å²) in [5.74, 6) is 0.560. The molecule has 28 heavy (non-hydrogen) atoms. The van der Waals surface area contributed by atoms with E-state index in [-0.39, 0.29) is 22.0 Å². The van der Waals surface area contributed by atoms with Crippen LogP contribution in [0.25, 0.3) is 22.3 Å². The van der Waals surface area contributed by atoms with Crippen molar-refractivity contribution in [2.45, 2.75) is 6.92 Å². The molecule has 5 nitrogen and oxygen atoms in total. The number of aromatic carboxylic acids is 1. The Morgan fingerprint density at radius 1 is 0.893 bits per heavy atom. The van der Waals surface area contributed by atoms with E-state index in [1.165, 1.54) is 12.1 Å². The third kappa shape index (κ3) is 3.14. The lowest BCUT2D eigenvalue weighted by Gasteiger charge is -2.10. The zero-order valence-electron chi connectivity index (χ0n) is 15.0. The minimum atomic E-state index is -1.14. The van der Waals surface area contributed by atoms with E-state index in [0.717, 1.165) is 5.75 Å². The Kier molecular flexibility index (Phi) is 4.41. The summed E-state index contributed by atoms with van der Waals surface area (Å²) in [5.41, 5.74) is 0.873. The van der Waals surface area contributed by atoms with Gasteiger partial charge < -0.3 is 14.3 Å². The first kappa shape index (κ1) is 17.5. The highest BCUT2D eigenvalue weighted by Gasteiger charge is 2.17. The predicted octanol–water partition coefficient (Wildman–Crippen LogP) is 5.26. The molecule has 4 aromatic rings. The summed E-state index contributed by atoms with van der Waals surface area (Å²) in [6.07, 6.45) is 0. The molecule has 0 aliphatic heterocycles. The summed E-state index contributed by atoms with van der Waals surface area (Å²) in [6.45, 7) is 1.67. The fraction of sp³-hybridized carbons (Fsp3) is 0.0435. The Morgan fingerprint density at radius 3 is 2.25 bits per heavy atom. The maximum absolute atomic E-state index is 12.7. The monoisotopic (exact) mass is 372 g/mol. The van der Waals surface area contributed by atoms with Gasteiger partial charge in [0.15, 0.2) is 11.0 Å². The Bertz CT molecular complexity index is 1220. The van der Waals surface area contributed by atoms with Crippen LogP contribution in [0.1, 0.15) is 15.9 Å². The van der Waals surface area contributed by atoms with Gasteiger partial charge >= 0.3 is 5.97 Å². The molecule has 138 valence electrons. The van der Waals surface area contributed by atoms with Gasteiger partial charge in [0.1, 0.15) is 22.8 Å². The summed E-state index contributed by atoms with van der Waals surface area (Å²) in [7, 11) is 0. The van der Waals surface area contributed by atoms with E-state index in [1.807, 2.05) is 30.3 Å². The zero-order valence-corrected chi connectivity index (χ0v) is 15.0. The van der Waals surface area contributed by atoms with E-state index in [4.69, 9.17) is 9.15 Å². The molecule has 0 saturated heterocycles. The highest BCUT2D eigenvalue weighted by atomic mass is 16.5. The average molecular weight is 372 g/mol. The smallest absolute Gasteiger partial charge is 0.339 e. The van der Waals surface area contributed by atoms with Gasteiger partial charge in [-0.25, -0.2) is 4.79 Å². The van der Waals surface area contributed by atoms with Crippen LogP contribution in [0, 0.1) is 6.92 Å². The molecule has 0 aliphatic rings. The molecule has 1 heterocycles. The number of carboxylic acids is 1. The van der Waals surface area contributed by atoms with E-state index in [2.05, 4.69) is 0 Å². The molecule has 3 aromatic carbocycles. The molecule has 0 unspecified atom stereocenters. The number of hydrogen-bond donors (Lipinski definition) is 1. The lowest BCUT2D eigenvalue weighted by Crippen LogP contribution is -2.09. The zero-order chi connectivity index (χ0) is 19.7. The van der Waals surface area contributed by atoms with Gasteiger partial charge in [-0.15, -0.1) is 0 Å². The van der Waals surface area contributed by atoms with Gasteiger partial charge in [-0.2, -0.15) is 0 Å². The van der Waals surface area contributed by atoms with Crippen molar-refractivity contribution >= 4 is 16.9 Å². The Morgan fingerprint density at radius 2 is 1.57 bits per heavy atom. The molecule has 0 saturated carbocycles. The second-order valence-corrected chi connectivity index (χ2v) is 6.31. The number of rotatable bonds is 4. The van der Waals surface area contributed by atoms with E-state index < -0.39 is 5.97 Å². The largest absolute Gasteiger partial charge is 0.478 e. The first-order chi connectivity index (χ1) is 13.5. The van der Waals surface area contributed by atoms with Crippen LogP contribution in [-0.4, -0.2) is 11.1 Å². The molecular formula is C23H16O5. The van der Waals surface area contributed by atoms with Gasteiger partial charge in [-0.3, -0.25) is 4.79 Å². The molecule has 0 fully saturated rings. The van der Waals surface area contributed by atoms with Crippen LogP contribution in [-0.2, 0) is 0 Å². The Labute approximate surface area is 160 Å². The van der Waals surface area contributed by atoms with Crippen LogP contribution >= 0.6 is 0 Å². The molecule has 0 bridgehead atoms. The van der Waals surface area contributed by atoms with Crippen molar-refractivity contribution < 1.29 is 19.1 Å². The fourth-order valence-corrected chi connectivity index (χ4v) is 3.05. The van der Waals surface area contributed by atoms with Crippen molar-refractivity contribution in [3.05, 3.63) is 94.1 Å². The summed E-state index contributed by atoms with van der Waals surface area (Å²) >= 11 is 0. The van der Waals surface area contributed by atoms with Crippen LogP contribution in [0.5, 0.6) is 11.5 Å². The number of hydrogen-bond acceptors (Lipinski definition) is 4. The van der Waals surface area contributed by atoms with E-state index >= 15 is 0 Å². The number of carboxylic acid groups (broad SMARTS) is 1. The lowest BCUT2D eigenvalue weighted by atomic mass is 10.0. The molecule has 0 amide bonds. The van der Waals surface area contributed by atoms with Gasteiger partial charge in [-0.1, -0.05) is 24.3 Å². The van der Waals surface area contributed by atoms with E-state index in [0.29, 0.717) is 22.6 Å². The van der Waals surface area contributed by atoms with Crippen LogP contribution < -0.4 is 10.2 Å². The second kappa shape index (κ2) is 7.04. The number of fused-ring (bicyclic) bond motifs is 1. The summed E-state index contributed by atoms with van der Waals surface area (Å²) in [5, 5.41) is 9.66. The molecule has 1 N–H and O–H groups in total. The maximum atomic E-state index is 12.7. The minimum Gasteiger partial charge on any atom is -0.478 e. The number of carbonyl (C=O) groups is 1. The van der Waals surface area contributed by atoms with Crippen LogP contribution in [0.2, 0.25) is 0 Å². The third-order valence-corrected chi connectivity index (χ3v) is 4.47. The molecule has 5 heteroatoms. The molecule has 0 atom stereocenters. The van der Waals surface area contributed by atoms with Crippen molar-refractivity contribution in [3.8, 4) is 22.8 Å². The summed E-state index contributed by atoms with van der Waals surface area (Å²) < 4.78 is 11.7. The van der Waals surface area contributed by atoms with Gasteiger partial charge in [0.2, 0.25) is 0 Å². The van der Waals surface area contributed by atoms with Crippen molar-refractivity contribution in [1.82, 2.24) is 0 Å². The van der Waals surface area contributed by atoms with Crippen LogP contribution in [0.4, 0.5) is 0 Å². The van der Waals surface area contributed by atoms with E-state index in [9.17, 15) is 14.7 Å². The maximum Gasteiger partial charge on any atom is 0.339 e. The quantitative estimate of drug-likeness (QED) is 0.529. The highest BCUT2D eigenvalue weighted by molar-refractivity contribution is 6.01. The number of benzene rings is 3. The van der Waals surface area contributed by atoms with Crippen molar-refractivity contribution in [1.29, 1.82) is 0 Å². The molecule has 1 aromatic heterocycles. The first-order valence-corrected chi connectivity index (χ1v) is 8.67. The van der Waals surface area contributed by atoms with Crippen molar-refractivity contribution in [2.24, 2.45) is 0 Å². The SMILES string of the molecule is Cc1c(-c2ccc(Oc3ccccc3)cc2)oc2c(C(=O)O)cccc2c1=O. The van der Waals surface area contributed by atoms with Crippen LogP contribution in [0.15, 0.2) is 82.0 Å². The fourth-order valence-electron chi connectivity index (χ4n) is 3.05. The van der Waals surface area contributed by atoms with E-state index in [1.54, 1.807) is 37.3 Å². The topological polar surface area (TPSA) is 76.7 Å². The lowest BCUT2D eigenvalue weighted by molar-refractivity contribution is 0.0698. The summed E-state index contributed by atoms with van der Waals surface area (Å²) in [4.78, 5) is 24.2. The molecule has 0 radical (unpaired) electrons. The highest BCUT2D eigenvalue weighted by Crippen LogP contribution is 2.30. The second-order valence-electron chi connectivity index (χ2n) is 6.31. The average Bonchev–Trinajstić information content (AvgIpc) is 2.71. The predicted molar refractivity (Wildman–Crippen MR) is 106 cm³/mol. The minimum absolute atomic E-state index is 0.0418. The number of para-hydroxylation sites is 2. The summed E-state index contributed by atoms with van der Waals surface area (Å²) in [6, 6.07) is 21.0. The normalized spacial score (nSPS) is 10.8. The van der Waals surface area contributed by atoms with Crippen molar-refractivity contribution in [2.75, 3.05) is 0 Å². The Hall–Kier alpha value is -3.86. The molecular weight excluding hydrogens is 356 g/mol. The standard InChI is InChI=1S/C23H16O5/c1-14-20(24)18-8-5-9-19(23(25)26)22(18)28-21(14)15-10-12-17(13-11-15)27-16-6-3-2-4-7-16/h2-13H,1H3,(H,25,26). The number of ether oxygens (including phenoxy) is 1. The van der Waals surface area contributed by atoms with Gasteiger partial charge in [0.05, 0.1) is 5.39 Å². The van der Waals surface area contributed by atoms with Gasteiger partial charge in [0, 0.05) is 11.1 Å². The molecule has 0 aliphatic carbocycles. The van der Waals surface area contributed by atoms with Crippen molar-refractivity contribution in [3.63, 3.8) is 0 Å². The molecule has 4 rings (SSSR count). The first-order valence-electron chi connectivity index (χ1n) is 8.67.